The van der Waals surface area contributed by atoms with Gasteiger partial charge >= 0.3 is 0 Å². The van der Waals surface area contributed by atoms with Crippen LogP contribution in [0.2, 0.25) is 10.2 Å². The fourth-order valence-corrected chi connectivity index (χ4v) is 2.11. The lowest BCUT2D eigenvalue weighted by Gasteiger charge is -2.33. The summed E-state index contributed by atoms with van der Waals surface area (Å²) in [6.45, 7) is 4.04. The molecule has 82 valence electrons. The van der Waals surface area contributed by atoms with Gasteiger partial charge in [-0.05, 0) is 19.2 Å². The topological polar surface area (TPSA) is 19.4 Å². The Morgan fingerprint density at radius 3 is 2.40 bits per heavy atom. The lowest BCUT2D eigenvalue weighted by atomic mass is 10.3. The third kappa shape index (κ3) is 2.74. The third-order valence-corrected chi connectivity index (χ3v) is 2.98. The normalized spacial score (nSPS) is 18.2. The summed E-state index contributed by atoms with van der Waals surface area (Å²) in [4.78, 5) is 8.77. The van der Waals surface area contributed by atoms with Gasteiger partial charge in [0.15, 0.2) is 0 Å². The predicted molar refractivity (Wildman–Crippen MR) is 64.0 cm³/mol. The van der Waals surface area contributed by atoms with E-state index in [2.05, 4.69) is 21.8 Å². The van der Waals surface area contributed by atoms with Crippen molar-refractivity contribution in [3.05, 3.63) is 22.3 Å². The monoisotopic (exact) mass is 245 g/mol. The first kappa shape index (κ1) is 11.0. The highest BCUT2D eigenvalue weighted by Crippen LogP contribution is 2.22. The van der Waals surface area contributed by atoms with Crippen molar-refractivity contribution in [2.45, 2.75) is 0 Å². The Balaban J connectivity index is 2.15. The molecule has 15 heavy (non-hydrogen) atoms. The van der Waals surface area contributed by atoms with Crippen molar-refractivity contribution in [2.75, 3.05) is 38.1 Å². The number of aromatic nitrogens is 1. The summed E-state index contributed by atoms with van der Waals surface area (Å²) >= 11 is 11.8. The van der Waals surface area contributed by atoms with Crippen molar-refractivity contribution in [3.63, 3.8) is 0 Å². The minimum atomic E-state index is 0.455. The highest BCUT2D eigenvalue weighted by Gasteiger charge is 2.15. The molecule has 1 aromatic heterocycles. The first-order valence-electron chi connectivity index (χ1n) is 4.92. The quantitative estimate of drug-likeness (QED) is 0.708. The highest BCUT2D eigenvalue weighted by atomic mass is 35.5. The number of piperazine rings is 1. The number of nitrogens with zero attached hydrogens (tertiary/aromatic N) is 3. The summed E-state index contributed by atoms with van der Waals surface area (Å²) in [5, 5.41) is 1.10. The van der Waals surface area contributed by atoms with E-state index in [0.717, 1.165) is 32.0 Å². The summed E-state index contributed by atoms with van der Waals surface area (Å²) in [6.07, 6.45) is 0. The Kier molecular flexibility index (Phi) is 3.34. The van der Waals surface area contributed by atoms with Crippen molar-refractivity contribution >= 4 is 29.0 Å². The molecule has 2 rings (SSSR count). The zero-order chi connectivity index (χ0) is 10.8. The van der Waals surface area contributed by atoms with E-state index in [1.165, 1.54) is 0 Å². The molecular weight excluding hydrogens is 233 g/mol. The van der Waals surface area contributed by atoms with Crippen LogP contribution in [0.5, 0.6) is 0 Å². The fraction of sp³-hybridized carbons (Fsp3) is 0.500. The Morgan fingerprint density at radius 2 is 1.80 bits per heavy atom. The Labute approximate surface area is 99.6 Å². The zero-order valence-corrected chi connectivity index (χ0v) is 10.1. The van der Waals surface area contributed by atoms with Gasteiger partial charge in [0.2, 0.25) is 0 Å². The zero-order valence-electron chi connectivity index (χ0n) is 8.58. The van der Waals surface area contributed by atoms with Crippen molar-refractivity contribution in [2.24, 2.45) is 0 Å². The number of hydrogen-bond donors (Lipinski definition) is 0. The molecule has 0 aliphatic carbocycles. The van der Waals surface area contributed by atoms with Crippen LogP contribution in [-0.4, -0.2) is 43.1 Å². The maximum atomic E-state index is 5.94. The van der Waals surface area contributed by atoms with Crippen molar-refractivity contribution < 1.29 is 0 Å². The molecule has 0 bridgehead atoms. The van der Waals surface area contributed by atoms with Crippen LogP contribution < -0.4 is 4.90 Å². The average molecular weight is 246 g/mol. The molecule has 0 radical (unpaired) electrons. The SMILES string of the molecule is CN1CCN(c2cc(Cl)cc(Cl)n2)CC1. The molecular formula is C10H13Cl2N3. The summed E-state index contributed by atoms with van der Waals surface area (Å²) < 4.78 is 0. The van der Waals surface area contributed by atoms with E-state index in [4.69, 9.17) is 23.2 Å². The minimum absolute atomic E-state index is 0.455. The van der Waals surface area contributed by atoms with E-state index in [-0.39, 0.29) is 0 Å². The van der Waals surface area contributed by atoms with Crippen molar-refractivity contribution in [1.82, 2.24) is 9.88 Å². The average Bonchev–Trinajstić information content (AvgIpc) is 2.17. The predicted octanol–water partition coefficient (Wildman–Crippen LogP) is 2.14. The first-order chi connectivity index (χ1) is 7.15. The van der Waals surface area contributed by atoms with Gasteiger partial charge in [-0.1, -0.05) is 23.2 Å². The molecule has 1 aliphatic heterocycles. The molecule has 0 saturated carbocycles. The van der Waals surface area contributed by atoms with Crippen LogP contribution in [0, 0.1) is 0 Å². The lowest BCUT2D eigenvalue weighted by Crippen LogP contribution is -2.44. The number of hydrogen-bond acceptors (Lipinski definition) is 3. The summed E-state index contributed by atoms with van der Waals surface area (Å²) in [7, 11) is 2.12. The molecule has 0 unspecified atom stereocenters. The van der Waals surface area contributed by atoms with Gasteiger partial charge in [0, 0.05) is 31.2 Å². The van der Waals surface area contributed by atoms with E-state index in [0.29, 0.717) is 10.2 Å². The maximum absolute atomic E-state index is 5.94. The number of rotatable bonds is 1. The summed E-state index contributed by atoms with van der Waals surface area (Å²) in [5.74, 6) is 0.876. The molecule has 0 atom stereocenters. The molecule has 1 aliphatic rings. The van der Waals surface area contributed by atoms with Gasteiger partial charge in [0.25, 0.3) is 0 Å². The molecule has 2 heterocycles. The lowest BCUT2D eigenvalue weighted by molar-refractivity contribution is 0.312. The highest BCUT2D eigenvalue weighted by molar-refractivity contribution is 6.34. The second-order valence-corrected chi connectivity index (χ2v) is 4.58. The molecule has 3 nitrogen and oxygen atoms in total. The summed E-state index contributed by atoms with van der Waals surface area (Å²) in [5.41, 5.74) is 0. The van der Waals surface area contributed by atoms with Gasteiger partial charge in [0.05, 0.1) is 0 Å². The maximum Gasteiger partial charge on any atom is 0.132 e. The van der Waals surface area contributed by atoms with Crippen LogP contribution in [0.4, 0.5) is 5.82 Å². The van der Waals surface area contributed by atoms with E-state index >= 15 is 0 Å². The van der Waals surface area contributed by atoms with E-state index in [1.807, 2.05) is 6.07 Å². The van der Waals surface area contributed by atoms with Crippen LogP contribution in [0.3, 0.4) is 0 Å². The minimum Gasteiger partial charge on any atom is -0.354 e. The molecule has 1 fully saturated rings. The van der Waals surface area contributed by atoms with Gasteiger partial charge in [-0.25, -0.2) is 4.98 Å². The first-order valence-corrected chi connectivity index (χ1v) is 5.67. The third-order valence-electron chi connectivity index (χ3n) is 2.57. The largest absolute Gasteiger partial charge is 0.354 e. The van der Waals surface area contributed by atoms with Gasteiger partial charge in [-0.3, -0.25) is 0 Å². The molecule has 0 amide bonds. The second kappa shape index (κ2) is 4.56. The summed E-state index contributed by atoms with van der Waals surface area (Å²) in [6, 6.07) is 3.52. The van der Waals surface area contributed by atoms with E-state index in [9.17, 15) is 0 Å². The van der Waals surface area contributed by atoms with Gasteiger partial charge in [-0.2, -0.15) is 0 Å². The van der Waals surface area contributed by atoms with Gasteiger partial charge in [-0.15, -0.1) is 0 Å². The molecule has 0 spiro atoms. The molecule has 1 saturated heterocycles. The standard InChI is InChI=1S/C10H13Cl2N3/c1-14-2-4-15(5-3-14)10-7-8(11)6-9(12)13-10/h6-7H,2-5H2,1H3. The smallest absolute Gasteiger partial charge is 0.132 e. The molecule has 0 N–H and O–H groups in total. The Morgan fingerprint density at radius 1 is 1.13 bits per heavy atom. The van der Waals surface area contributed by atoms with Crippen LogP contribution in [-0.2, 0) is 0 Å². The molecule has 5 heteroatoms. The number of halogens is 2. The van der Waals surface area contributed by atoms with Crippen LogP contribution >= 0.6 is 23.2 Å². The van der Waals surface area contributed by atoms with Crippen LogP contribution in [0.1, 0.15) is 0 Å². The number of likely N-dealkylation sites (N-methyl/N-ethyl adjacent to an activating group) is 1. The molecule has 0 aromatic carbocycles. The fourth-order valence-electron chi connectivity index (χ4n) is 1.65. The van der Waals surface area contributed by atoms with Gasteiger partial charge in [0.1, 0.15) is 11.0 Å². The van der Waals surface area contributed by atoms with Crippen LogP contribution in [0.25, 0.3) is 0 Å². The van der Waals surface area contributed by atoms with E-state index < -0.39 is 0 Å². The van der Waals surface area contributed by atoms with Gasteiger partial charge < -0.3 is 9.80 Å². The Bertz CT molecular complexity index is 328. The molecule has 1 aromatic rings. The van der Waals surface area contributed by atoms with Crippen molar-refractivity contribution in [3.8, 4) is 0 Å². The van der Waals surface area contributed by atoms with Crippen molar-refractivity contribution in [1.29, 1.82) is 0 Å². The Hall–Kier alpha value is -0.510. The van der Waals surface area contributed by atoms with E-state index in [1.54, 1.807) is 6.07 Å². The number of anilines is 1. The second-order valence-electron chi connectivity index (χ2n) is 3.76. The number of pyridine rings is 1. The van der Waals surface area contributed by atoms with Crippen LogP contribution in [0.15, 0.2) is 12.1 Å².